The third-order valence-electron chi connectivity index (χ3n) is 2.57. The maximum atomic E-state index is 10.7. The van der Waals surface area contributed by atoms with Crippen LogP contribution in [0.25, 0.3) is 0 Å². The minimum absolute atomic E-state index is 0.0554. The summed E-state index contributed by atoms with van der Waals surface area (Å²) in [6.45, 7) is 3.24. The Kier molecular flexibility index (Phi) is 4.72. The van der Waals surface area contributed by atoms with Crippen molar-refractivity contribution in [3.63, 3.8) is 0 Å². The second-order valence-corrected chi connectivity index (χ2v) is 4.32. The average molecular weight is 258 g/mol. The Bertz CT molecular complexity index is 423. The van der Waals surface area contributed by atoms with Crippen molar-refractivity contribution in [1.29, 1.82) is 0 Å². The molecule has 0 amide bonds. The van der Waals surface area contributed by atoms with Gasteiger partial charge in [-0.05, 0) is 31.5 Å². The summed E-state index contributed by atoms with van der Waals surface area (Å²) < 4.78 is 0. The molecule has 0 unspecified atom stereocenters. The second-order valence-electron chi connectivity index (χ2n) is 3.91. The monoisotopic (exact) mass is 257 g/mol. The Labute approximate surface area is 105 Å². The number of halogens is 1. The van der Waals surface area contributed by atoms with Crippen molar-refractivity contribution < 1.29 is 4.92 Å². The highest BCUT2D eigenvalue weighted by molar-refractivity contribution is 6.33. The molecule has 0 spiro atoms. The molecule has 94 valence electrons. The van der Waals surface area contributed by atoms with E-state index in [0.29, 0.717) is 6.54 Å². The molecule has 0 saturated carbocycles. The lowest BCUT2D eigenvalue weighted by Gasteiger charge is -2.21. The summed E-state index contributed by atoms with van der Waals surface area (Å²) in [6.07, 6.45) is 0.866. The number of nitrogens with two attached hydrogens (primary N) is 1. The van der Waals surface area contributed by atoms with Crippen LogP contribution in [0.1, 0.15) is 12.0 Å². The molecule has 0 atom stereocenters. The molecule has 1 aromatic carbocycles. The first kappa shape index (κ1) is 13.7. The summed E-state index contributed by atoms with van der Waals surface area (Å²) in [5.41, 5.74) is 7.12. The summed E-state index contributed by atoms with van der Waals surface area (Å²) in [4.78, 5) is 12.2. The largest absolute Gasteiger partial charge is 0.374 e. The molecule has 0 saturated heterocycles. The van der Waals surface area contributed by atoms with Gasteiger partial charge in [0.15, 0.2) is 0 Å². The van der Waals surface area contributed by atoms with Gasteiger partial charge in [0.1, 0.15) is 5.02 Å². The lowest BCUT2D eigenvalue weighted by Crippen LogP contribution is -2.21. The van der Waals surface area contributed by atoms with Gasteiger partial charge in [0, 0.05) is 25.3 Å². The molecule has 0 aliphatic rings. The van der Waals surface area contributed by atoms with Crippen molar-refractivity contribution in [3.05, 3.63) is 32.8 Å². The number of rotatable bonds is 5. The zero-order valence-electron chi connectivity index (χ0n) is 9.94. The van der Waals surface area contributed by atoms with Gasteiger partial charge >= 0.3 is 0 Å². The van der Waals surface area contributed by atoms with Crippen molar-refractivity contribution >= 4 is 23.0 Å². The van der Waals surface area contributed by atoms with Gasteiger partial charge in [0.25, 0.3) is 5.69 Å². The standard InChI is InChI=1S/C11H16ClN3O2/c1-8-6-11(15(16)17)9(12)7-10(8)14(2)5-3-4-13/h6-7H,3-5,13H2,1-2H3. The lowest BCUT2D eigenvalue weighted by atomic mass is 10.1. The van der Waals surface area contributed by atoms with Crippen LogP contribution in [-0.4, -0.2) is 25.1 Å². The van der Waals surface area contributed by atoms with Gasteiger partial charge in [0.05, 0.1) is 4.92 Å². The molecule has 0 aliphatic carbocycles. The fourth-order valence-corrected chi connectivity index (χ4v) is 1.88. The lowest BCUT2D eigenvalue weighted by molar-refractivity contribution is -0.384. The van der Waals surface area contributed by atoms with Crippen molar-refractivity contribution in [2.24, 2.45) is 5.73 Å². The van der Waals surface area contributed by atoms with Crippen LogP contribution >= 0.6 is 11.6 Å². The molecule has 2 N–H and O–H groups in total. The van der Waals surface area contributed by atoms with E-state index in [2.05, 4.69) is 0 Å². The first-order valence-corrected chi connectivity index (χ1v) is 5.71. The Morgan fingerprint density at radius 3 is 2.71 bits per heavy atom. The minimum Gasteiger partial charge on any atom is -0.374 e. The van der Waals surface area contributed by atoms with E-state index in [1.54, 1.807) is 6.07 Å². The van der Waals surface area contributed by atoms with Crippen LogP contribution in [0.4, 0.5) is 11.4 Å². The Morgan fingerprint density at radius 2 is 2.18 bits per heavy atom. The van der Waals surface area contributed by atoms with E-state index in [1.165, 1.54) is 6.07 Å². The molecule has 17 heavy (non-hydrogen) atoms. The number of nitro groups is 1. The number of benzene rings is 1. The minimum atomic E-state index is -0.473. The quantitative estimate of drug-likeness (QED) is 0.649. The molecule has 5 nitrogen and oxygen atoms in total. The van der Waals surface area contributed by atoms with Gasteiger partial charge in [-0.3, -0.25) is 10.1 Å². The second kappa shape index (κ2) is 5.84. The van der Waals surface area contributed by atoms with Gasteiger partial charge in [-0.1, -0.05) is 11.6 Å². The molecule has 0 bridgehead atoms. The molecule has 1 rings (SSSR count). The topological polar surface area (TPSA) is 72.4 Å². The van der Waals surface area contributed by atoms with Crippen LogP contribution in [-0.2, 0) is 0 Å². The van der Waals surface area contributed by atoms with E-state index in [-0.39, 0.29) is 10.7 Å². The van der Waals surface area contributed by atoms with Crippen molar-refractivity contribution in [2.45, 2.75) is 13.3 Å². The zero-order valence-corrected chi connectivity index (χ0v) is 10.7. The molecule has 0 radical (unpaired) electrons. The number of nitro benzene ring substituents is 1. The van der Waals surface area contributed by atoms with Gasteiger partial charge < -0.3 is 10.6 Å². The average Bonchev–Trinajstić information content (AvgIpc) is 2.28. The summed E-state index contributed by atoms with van der Waals surface area (Å²) in [6, 6.07) is 3.13. The van der Waals surface area contributed by atoms with Gasteiger partial charge in [-0.2, -0.15) is 0 Å². The van der Waals surface area contributed by atoms with Crippen molar-refractivity contribution in [2.75, 3.05) is 25.0 Å². The smallest absolute Gasteiger partial charge is 0.288 e. The summed E-state index contributed by atoms with van der Waals surface area (Å²) in [7, 11) is 1.92. The number of hydrogen-bond donors (Lipinski definition) is 1. The third kappa shape index (κ3) is 3.31. The van der Waals surface area contributed by atoms with E-state index >= 15 is 0 Å². The molecule has 0 fully saturated rings. The van der Waals surface area contributed by atoms with Crippen molar-refractivity contribution in [3.8, 4) is 0 Å². The van der Waals surface area contributed by atoms with E-state index in [4.69, 9.17) is 17.3 Å². The highest BCUT2D eigenvalue weighted by Gasteiger charge is 2.16. The Morgan fingerprint density at radius 1 is 1.53 bits per heavy atom. The predicted molar refractivity (Wildman–Crippen MR) is 69.8 cm³/mol. The summed E-state index contributed by atoms with van der Waals surface area (Å²) in [5.74, 6) is 0. The summed E-state index contributed by atoms with van der Waals surface area (Å²) in [5, 5.41) is 10.9. The Balaban J connectivity index is 3.02. The predicted octanol–water partition coefficient (Wildman–Crippen LogP) is 2.34. The summed E-state index contributed by atoms with van der Waals surface area (Å²) >= 11 is 5.88. The van der Waals surface area contributed by atoms with E-state index < -0.39 is 4.92 Å². The molecule has 0 aliphatic heterocycles. The first-order chi connectivity index (χ1) is 7.97. The SMILES string of the molecule is Cc1cc([N+](=O)[O-])c(Cl)cc1N(C)CCCN. The molecule has 1 aromatic rings. The van der Waals surface area contributed by atoms with E-state index in [1.807, 2.05) is 18.9 Å². The highest BCUT2D eigenvalue weighted by Crippen LogP contribution is 2.32. The fourth-order valence-electron chi connectivity index (χ4n) is 1.66. The van der Waals surface area contributed by atoms with E-state index in [0.717, 1.165) is 24.2 Å². The van der Waals surface area contributed by atoms with Crippen LogP contribution in [0.5, 0.6) is 0 Å². The van der Waals surface area contributed by atoms with Crippen LogP contribution in [0, 0.1) is 17.0 Å². The van der Waals surface area contributed by atoms with Gasteiger partial charge in [-0.25, -0.2) is 0 Å². The molecule has 0 heterocycles. The van der Waals surface area contributed by atoms with Gasteiger partial charge in [-0.15, -0.1) is 0 Å². The number of hydrogen-bond acceptors (Lipinski definition) is 4. The Hall–Kier alpha value is -1.33. The van der Waals surface area contributed by atoms with Gasteiger partial charge in [0.2, 0.25) is 0 Å². The molecule has 6 heteroatoms. The highest BCUT2D eigenvalue weighted by atomic mass is 35.5. The molecular formula is C11H16ClN3O2. The number of anilines is 1. The first-order valence-electron chi connectivity index (χ1n) is 5.33. The van der Waals surface area contributed by atoms with Crippen molar-refractivity contribution in [1.82, 2.24) is 0 Å². The normalized spacial score (nSPS) is 10.4. The third-order valence-corrected chi connectivity index (χ3v) is 2.87. The van der Waals surface area contributed by atoms with Crippen LogP contribution in [0.15, 0.2) is 12.1 Å². The maximum Gasteiger partial charge on any atom is 0.288 e. The van der Waals surface area contributed by atoms with Crippen LogP contribution in [0.2, 0.25) is 5.02 Å². The van der Waals surface area contributed by atoms with E-state index in [9.17, 15) is 10.1 Å². The van der Waals surface area contributed by atoms with Crippen LogP contribution in [0.3, 0.4) is 0 Å². The zero-order chi connectivity index (χ0) is 13.0. The maximum absolute atomic E-state index is 10.7. The molecular weight excluding hydrogens is 242 g/mol. The van der Waals surface area contributed by atoms with Crippen LogP contribution < -0.4 is 10.6 Å². The number of aryl methyl sites for hydroxylation is 1. The number of nitrogens with zero attached hydrogens (tertiary/aromatic N) is 2. The fraction of sp³-hybridized carbons (Fsp3) is 0.455. The molecule has 0 aromatic heterocycles.